The number of likely N-dealkylation sites (N-methyl/N-ethyl adjacent to an activating group) is 1. The molecule has 4 heteroatoms. The smallest absolute Gasteiger partial charge is 0.236 e. The lowest BCUT2D eigenvalue weighted by atomic mass is 9.89. The Hall–Kier alpha value is -0.610. The van der Waals surface area contributed by atoms with Gasteiger partial charge in [-0.2, -0.15) is 0 Å². The molecule has 116 valence electrons. The van der Waals surface area contributed by atoms with Crippen LogP contribution in [0.25, 0.3) is 0 Å². The fraction of sp³-hybridized carbons (Fsp3) is 0.938. The van der Waals surface area contributed by atoms with E-state index >= 15 is 0 Å². The summed E-state index contributed by atoms with van der Waals surface area (Å²) in [7, 11) is 1.94. The fourth-order valence-corrected chi connectivity index (χ4v) is 3.57. The molecule has 0 bridgehead atoms. The Morgan fingerprint density at radius 2 is 2.00 bits per heavy atom. The van der Waals surface area contributed by atoms with Gasteiger partial charge in [0.2, 0.25) is 5.91 Å². The third-order valence-electron chi connectivity index (χ3n) is 5.03. The van der Waals surface area contributed by atoms with Gasteiger partial charge in [0.1, 0.15) is 0 Å². The first-order valence-electron chi connectivity index (χ1n) is 8.20. The normalized spacial score (nSPS) is 26.6. The number of carbonyl (C=O) groups excluding carboxylic acids is 1. The van der Waals surface area contributed by atoms with E-state index in [4.69, 9.17) is 0 Å². The Kier molecular flexibility index (Phi) is 5.85. The first-order chi connectivity index (χ1) is 9.56. The molecule has 1 saturated heterocycles. The molecule has 0 spiro atoms. The van der Waals surface area contributed by atoms with Gasteiger partial charge in [-0.05, 0) is 44.6 Å². The van der Waals surface area contributed by atoms with Crippen molar-refractivity contribution in [2.45, 2.75) is 51.6 Å². The van der Waals surface area contributed by atoms with Crippen LogP contribution >= 0.6 is 0 Å². The number of nitrogens with zero attached hydrogens (tertiary/aromatic N) is 2. The summed E-state index contributed by atoms with van der Waals surface area (Å²) in [5.41, 5.74) is 0. The number of amides is 1. The van der Waals surface area contributed by atoms with Crippen LogP contribution in [0.2, 0.25) is 0 Å². The van der Waals surface area contributed by atoms with Gasteiger partial charge in [-0.25, -0.2) is 0 Å². The lowest BCUT2D eigenvalue weighted by Crippen LogP contribution is -2.40. The molecule has 0 aromatic carbocycles. The van der Waals surface area contributed by atoms with Crippen LogP contribution in [0.5, 0.6) is 0 Å². The molecule has 2 atom stereocenters. The summed E-state index contributed by atoms with van der Waals surface area (Å²) in [5, 5.41) is 9.61. The number of hydrogen-bond acceptors (Lipinski definition) is 3. The van der Waals surface area contributed by atoms with Gasteiger partial charge in [0.25, 0.3) is 0 Å². The maximum atomic E-state index is 12.3. The van der Waals surface area contributed by atoms with E-state index in [1.165, 1.54) is 32.1 Å². The number of rotatable bonds is 5. The van der Waals surface area contributed by atoms with Crippen molar-refractivity contribution in [1.82, 2.24) is 9.80 Å². The van der Waals surface area contributed by atoms with E-state index in [1.807, 2.05) is 18.9 Å². The van der Waals surface area contributed by atoms with Crippen LogP contribution in [-0.4, -0.2) is 60.1 Å². The summed E-state index contributed by atoms with van der Waals surface area (Å²) < 4.78 is 0. The topological polar surface area (TPSA) is 43.8 Å². The zero-order valence-electron chi connectivity index (χ0n) is 13.1. The number of hydrogen-bond donors (Lipinski definition) is 1. The molecule has 1 saturated carbocycles. The monoisotopic (exact) mass is 282 g/mol. The second-order valence-electron chi connectivity index (χ2n) is 6.80. The highest BCUT2D eigenvalue weighted by Crippen LogP contribution is 2.24. The first kappa shape index (κ1) is 15.8. The minimum absolute atomic E-state index is 0.238. The van der Waals surface area contributed by atoms with Crippen LogP contribution in [0.1, 0.15) is 45.4 Å². The van der Waals surface area contributed by atoms with E-state index in [0.29, 0.717) is 18.4 Å². The highest BCUT2D eigenvalue weighted by Gasteiger charge is 2.28. The maximum absolute atomic E-state index is 12.3. The quantitative estimate of drug-likeness (QED) is 0.835. The SMILES string of the molecule is CC(O)C1CCN(CC(=O)N(C)CC2CCCCC2)C1. The predicted molar refractivity (Wildman–Crippen MR) is 80.4 cm³/mol. The number of likely N-dealkylation sites (tertiary alicyclic amines) is 1. The molecule has 20 heavy (non-hydrogen) atoms. The largest absolute Gasteiger partial charge is 0.393 e. The van der Waals surface area contributed by atoms with E-state index < -0.39 is 0 Å². The Labute approximate surface area is 123 Å². The minimum Gasteiger partial charge on any atom is -0.393 e. The molecule has 2 aliphatic rings. The van der Waals surface area contributed by atoms with Crippen molar-refractivity contribution in [3.63, 3.8) is 0 Å². The molecule has 1 aliphatic carbocycles. The summed E-state index contributed by atoms with van der Waals surface area (Å²) in [6, 6.07) is 0. The summed E-state index contributed by atoms with van der Waals surface area (Å²) in [4.78, 5) is 16.4. The van der Waals surface area contributed by atoms with Crippen LogP contribution in [0.3, 0.4) is 0 Å². The summed E-state index contributed by atoms with van der Waals surface area (Å²) >= 11 is 0. The van der Waals surface area contributed by atoms with Gasteiger partial charge in [0, 0.05) is 20.1 Å². The minimum atomic E-state index is -0.255. The van der Waals surface area contributed by atoms with Crippen molar-refractivity contribution in [2.75, 3.05) is 33.2 Å². The lowest BCUT2D eigenvalue weighted by Gasteiger charge is -2.28. The van der Waals surface area contributed by atoms with Crippen molar-refractivity contribution in [2.24, 2.45) is 11.8 Å². The molecule has 1 aliphatic heterocycles. The van der Waals surface area contributed by atoms with E-state index in [2.05, 4.69) is 4.90 Å². The molecule has 1 heterocycles. The molecule has 2 rings (SSSR count). The van der Waals surface area contributed by atoms with Crippen molar-refractivity contribution >= 4 is 5.91 Å². The molecule has 2 fully saturated rings. The van der Waals surface area contributed by atoms with Gasteiger partial charge in [-0.3, -0.25) is 9.69 Å². The molecule has 4 nitrogen and oxygen atoms in total. The highest BCUT2D eigenvalue weighted by molar-refractivity contribution is 5.78. The van der Waals surface area contributed by atoms with E-state index in [-0.39, 0.29) is 12.0 Å². The fourth-order valence-electron chi connectivity index (χ4n) is 3.57. The average Bonchev–Trinajstić information content (AvgIpc) is 2.88. The van der Waals surface area contributed by atoms with Gasteiger partial charge in [0.05, 0.1) is 12.6 Å². The molecular formula is C16H30N2O2. The van der Waals surface area contributed by atoms with E-state index in [1.54, 1.807) is 0 Å². The first-order valence-corrected chi connectivity index (χ1v) is 8.20. The number of carbonyl (C=O) groups is 1. The van der Waals surface area contributed by atoms with Crippen LogP contribution in [-0.2, 0) is 4.79 Å². The maximum Gasteiger partial charge on any atom is 0.236 e. The van der Waals surface area contributed by atoms with Gasteiger partial charge >= 0.3 is 0 Å². The van der Waals surface area contributed by atoms with Crippen LogP contribution in [0.4, 0.5) is 0 Å². The Balaban J connectivity index is 1.71. The Bertz CT molecular complexity index is 314. The van der Waals surface area contributed by atoms with Gasteiger partial charge in [-0.15, -0.1) is 0 Å². The zero-order valence-corrected chi connectivity index (χ0v) is 13.1. The molecule has 1 N–H and O–H groups in total. The average molecular weight is 282 g/mol. The summed E-state index contributed by atoms with van der Waals surface area (Å²) in [6.45, 7) is 5.10. The summed E-state index contributed by atoms with van der Waals surface area (Å²) in [5.74, 6) is 1.29. The predicted octanol–water partition coefficient (Wildman–Crippen LogP) is 1.73. The number of aliphatic hydroxyl groups is 1. The molecule has 1 amide bonds. The van der Waals surface area contributed by atoms with E-state index in [0.717, 1.165) is 26.1 Å². The van der Waals surface area contributed by atoms with Crippen molar-refractivity contribution in [3.05, 3.63) is 0 Å². The molecule has 0 aromatic rings. The molecule has 0 aromatic heterocycles. The highest BCUT2D eigenvalue weighted by atomic mass is 16.3. The lowest BCUT2D eigenvalue weighted by molar-refractivity contribution is -0.131. The standard InChI is InChI=1S/C16H30N2O2/c1-13(19)15-8-9-18(11-15)12-16(20)17(2)10-14-6-4-3-5-7-14/h13-15,19H,3-12H2,1-2H3. The molecular weight excluding hydrogens is 252 g/mol. The second-order valence-corrected chi connectivity index (χ2v) is 6.80. The van der Waals surface area contributed by atoms with Gasteiger partial charge in [0.15, 0.2) is 0 Å². The second kappa shape index (κ2) is 7.41. The van der Waals surface area contributed by atoms with Crippen molar-refractivity contribution in [1.29, 1.82) is 0 Å². The third-order valence-corrected chi connectivity index (χ3v) is 5.03. The van der Waals surface area contributed by atoms with Gasteiger partial charge in [-0.1, -0.05) is 19.3 Å². The van der Waals surface area contributed by atoms with Crippen LogP contribution < -0.4 is 0 Å². The molecule has 0 radical (unpaired) electrons. The van der Waals surface area contributed by atoms with E-state index in [9.17, 15) is 9.90 Å². The summed E-state index contributed by atoms with van der Waals surface area (Å²) in [6.07, 6.45) is 7.34. The Morgan fingerprint density at radius 3 is 2.60 bits per heavy atom. The Morgan fingerprint density at radius 1 is 1.30 bits per heavy atom. The van der Waals surface area contributed by atoms with Crippen LogP contribution in [0.15, 0.2) is 0 Å². The van der Waals surface area contributed by atoms with Crippen molar-refractivity contribution < 1.29 is 9.90 Å². The zero-order chi connectivity index (χ0) is 14.5. The van der Waals surface area contributed by atoms with Gasteiger partial charge < -0.3 is 10.0 Å². The molecule has 2 unspecified atom stereocenters. The third kappa shape index (κ3) is 4.45. The van der Waals surface area contributed by atoms with Crippen LogP contribution in [0, 0.1) is 11.8 Å². The number of aliphatic hydroxyl groups excluding tert-OH is 1. The van der Waals surface area contributed by atoms with Crippen molar-refractivity contribution in [3.8, 4) is 0 Å².